The normalized spacial score (nSPS) is 20.6. The Morgan fingerprint density at radius 3 is 2.29 bits per heavy atom. The summed E-state index contributed by atoms with van der Waals surface area (Å²) in [6, 6.07) is 14.6. The molecule has 4 rings (SSSR count). The maximum absolute atomic E-state index is 13.0. The van der Waals surface area contributed by atoms with Crippen molar-refractivity contribution in [3.63, 3.8) is 0 Å². The molecule has 1 aliphatic carbocycles. The summed E-state index contributed by atoms with van der Waals surface area (Å²) < 4.78 is 10.8. The molecule has 1 fully saturated rings. The number of carboxylic acids is 1. The van der Waals surface area contributed by atoms with Crippen molar-refractivity contribution in [2.45, 2.75) is 50.8 Å². The van der Waals surface area contributed by atoms with Crippen molar-refractivity contribution in [2.24, 2.45) is 5.92 Å². The molecule has 1 saturated heterocycles. The lowest BCUT2D eigenvalue weighted by Gasteiger charge is -2.26. The fraction of sp³-hybridized carbons (Fsp3) is 0.423. The Hall–Kier alpha value is -3.39. The first kappa shape index (κ1) is 23.8. The Morgan fingerprint density at radius 1 is 1.09 bits per heavy atom. The predicted molar refractivity (Wildman–Crippen MR) is 125 cm³/mol. The number of aliphatic carboxylic acids is 1. The number of rotatable bonds is 8. The molecule has 0 bridgehead atoms. The minimum absolute atomic E-state index is 0.0824. The summed E-state index contributed by atoms with van der Waals surface area (Å²) in [5.74, 6) is -1.82. The van der Waals surface area contributed by atoms with Gasteiger partial charge in [0.2, 0.25) is 5.91 Å². The van der Waals surface area contributed by atoms with Crippen molar-refractivity contribution in [1.82, 2.24) is 10.6 Å². The van der Waals surface area contributed by atoms with E-state index in [1.807, 2.05) is 50.2 Å². The van der Waals surface area contributed by atoms with Gasteiger partial charge >= 0.3 is 12.1 Å². The third-order valence-electron chi connectivity index (χ3n) is 6.78. The van der Waals surface area contributed by atoms with E-state index in [1.165, 1.54) is 0 Å². The van der Waals surface area contributed by atoms with Crippen LogP contribution in [0.5, 0.6) is 0 Å². The maximum Gasteiger partial charge on any atom is 0.407 e. The van der Waals surface area contributed by atoms with Gasteiger partial charge in [-0.15, -0.1) is 0 Å². The Kier molecular flexibility index (Phi) is 7.17. The summed E-state index contributed by atoms with van der Waals surface area (Å²) in [5, 5.41) is 14.7. The largest absolute Gasteiger partial charge is 0.479 e. The van der Waals surface area contributed by atoms with Gasteiger partial charge in [0.25, 0.3) is 0 Å². The van der Waals surface area contributed by atoms with Gasteiger partial charge in [-0.25, -0.2) is 9.59 Å². The molecule has 1 heterocycles. The minimum Gasteiger partial charge on any atom is -0.479 e. The number of hydrogen-bond donors (Lipinski definition) is 3. The SMILES string of the molecule is CC[C@H](C)[C@H](NC(=O)OCC1c2ccccc2-c2ccccc21)C(=O)N[C@@H]1CCO[C@@H]1C(=O)O. The highest BCUT2D eigenvalue weighted by molar-refractivity contribution is 5.87. The lowest BCUT2D eigenvalue weighted by Crippen LogP contribution is -2.54. The van der Waals surface area contributed by atoms with Gasteiger partial charge in [-0.2, -0.15) is 0 Å². The Bertz CT molecular complexity index is 1030. The lowest BCUT2D eigenvalue weighted by molar-refractivity contribution is -0.148. The number of fused-ring (bicyclic) bond motifs is 3. The molecule has 0 radical (unpaired) electrons. The molecule has 3 N–H and O–H groups in total. The van der Waals surface area contributed by atoms with Crippen molar-refractivity contribution in [3.05, 3.63) is 59.7 Å². The summed E-state index contributed by atoms with van der Waals surface area (Å²) >= 11 is 0. The molecule has 0 saturated carbocycles. The number of nitrogens with one attached hydrogen (secondary N) is 2. The minimum atomic E-state index is -1.12. The van der Waals surface area contributed by atoms with Crippen LogP contribution in [0.2, 0.25) is 0 Å². The van der Waals surface area contributed by atoms with Gasteiger partial charge in [0, 0.05) is 12.5 Å². The molecule has 2 amide bonds. The number of ether oxygens (including phenoxy) is 2. The topological polar surface area (TPSA) is 114 Å². The van der Waals surface area contributed by atoms with E-state index in [1.54, 1.807) is 0 Å². The van der Waals surface area contributed by atoms with Crippen molar-refractivity contribution in [2.75, 3.05) is 13.2 Å². The predicted octanol–water partition coefficient (Wildman–Crippen LogP) is 3.30. The van der Waals surface area contributed by atoms with Crippen LogP contribution in [-0.4, -0.2) is 54.5 Å². The van der Waals surface area contributed by atoms with Crippen LogP contribution in [0.4, 0.5) is 4.79 Å². The second kappa shape index (κ2) is 10.3. The van der Waals surface area contributed by atoms with E-state index in [0.717, 1.165) is 22.3 Å². The van der Waals surface area contributed by atoms with Crippen LogP contribution in [0, 0.1) is 5.92 Å². The quantitative estimate of drug-likeness (QED) is 0.550. The second-order valence-corrected chi connectivity index (χ2v) is 8.87. The third-order valence-corrected chi connectivity index (χ3v) is 6.78. The van der Waals surface area contributed by atoms with Crippen molar-refractivity contribution in [1.29, 1.82) is 0 Å². The summed E-state index contributed by atoms with van der Waals surface area (Å²) in [7, 11) is 0. The first-order valence-electron chi connectivity index (χ1n) is 11.7. The van der Waals surface area contributed by atoms with Crippen LogP contribution in [0.3, 0.4) is 0 Å². The van der Waals surface area contributed by atoms with Crippen LogP contribution >= 0.6 is 0 Å². The fourth-order valence-corrected chi connectivity index (χ4v) is 4.72. The molecular formula is C26H30N2O6. The second-order valence-electron chi connectivity index (χ2n) is 8.87. The number of hydrogen-bond acceptors (Lipinski definition) is 5. The molecule has 180 valence electrons. The molecule has 2 aliphatic rings. The van der Waals surface area contributed by atoms with E-state index < -0.39 is 36.2 Å². The zero-order chi connectivity index (χ0) is 24.2. The van der Waals surface area contributed by atoms with Crippen molar-refractivity contribution in [3.8, 4) is 11.1 Å². The number of benzene rings is 2. The van der Waals surface area contributed by atoms with Gasteiger partial charge in [-0.3, -0.25) is 4.79 Å². The molecule has 4 atom stereocenters. The number of carboxylic acid groups (broad SMARTS) is 1. The number of alkyl carbamates (subject to hydrolysis) is 1. The first-order valence-corrected chi connectivity index (χ1v) is 11.7. The van der Waals surface area contributed by atoms with E-state index in [4.69, 9.17) is 9.47 Å². The standard InChI is InChI=1S/C26H30N2O6/c1-3-15(2)22(24(29)27-21-12-13-33-23(21)25(30)31)28-26(32)34-14-20-18-10-6-4-8-16(18)17-9-5-7-11-19(17)20/h4-11,15,20-23H,3,12-14H2,1-2H3,(H,27,29)(H,28,32)(H,30,31)/t15-,21+,22-,23-/m0/s1. The van der Waals surface area contributed by atoms with Gasteiger partial charge in [-0.1, -0.05) is 68.8 Å². The monoisotopic (exact) mass is 466 g/mol. The highest BCUT2D eigenvalue weighted by atomic mass is 16.5. The van der Waals surface area contributed by atoms with E-state index in [0.29, 0.717) is 12.8 Å². The molecule has 2 aromatic rings. The van der Waals surface area contributed by atoms with Crippen LogP contribution in [0.15, 0.2) is 48.5 Å². The average molecular weight is 467 g/mol. The Balaban J connectivity index is 1.41. The summed E-state index contributed by atoms with van der Waals surface area (Å²) in [4.78, 5) is 37.0. The van der Waals surface area contributed by atoms with E-state index in [9.17, 15) is 19.5 Å². The van der Waals surface area contributed by atoms with Crippen LogP contribution in [-0.2, 0) is 19.1 Å². The van der Waals surface area contributed by atoms with Crippen molar-refractivity contribution >= 4 is 18.0 Å². The van der Waals surface area contributed by atoms with E-state index in [-0.39, 0.29) is 25.0 Å². The molecular weight excluding hydrogens is 436 g/mol. The highest BCUT2D eigenvalue weighted by Gasteiger charge is 2.38. The Labute approximate surface area is 198 Å². The molecule has 8 nitrogen and oxygen atoms in total. The molecule has 1 aliphatic heterocycles. The van der Waals surface area contributed by atoms with E-state index >= 15 is 0 Å². The zero-order valence-corrected chi connectivity index (χ0v) is 19.3. The van der Waals surface area contributed by atoms with Gasteiger partial charge < -0.3 is 25.2 Å². The van der Waals surface area contributed by atoms with Gasteiger partial charge in [0.1, 0.15) is 12.6 Å². The smallest absolute Gasteiger partial charge is 0.407 e. The maximum atomic E-state index is 13.0. The summed E-state index contributed by atoms with van der Waals surface area (Å²) in [6.45, 7) is 4.18. The van der Waals surface area contributed by atoms with Crippen LogP contribution < -0.4 is 10.6 Å². The van der Waals surface area contributed by atoms with Crippen LogP contribution in [0.25, 0.3) is 11.1 Å². The molecule has 0 aromatic heterocycles. The molecule has 0 spiro atoms. The van der Waals surface area contributed by atoms with E-state index in [2.05, 4.69) is 22.8 Å². The van der Waals surface area contributed by atoms with Gasteiger partial charge in [0.05, 0.1) is 6.04 Å². The number of carbonyl (C=O) groups excluding carboxylic acids is 2. The molecule has 0 unspecified atom stereocenters. The summed E-state index contributed by atoms with van der Waals surface area (Å²) in [6.07, 6.45) is -0.720. The van der Waals surface area contributed by atoms with Gasteiger partial charge in [-0.05, 0) is 34.6 Å². The fourth-order valence-electron chi connectivity index (χ4n) is 4.72. The average Bonchev–Trinajstić information content (AvgIpc) is 3.43. The first-order chi connectivity index (χ1) is 16.4. The molecule has 8 heteroatoms. The Morgan fingerprint density at radius 2 is 1.71 bits per heavy atom. The third kappa shape index (κ3) is 4.77. The zero-order valence-electron chi connectivity index (χ0n) is 19.3. The van der Waals surface area contributed by atoms with Crippen LogP contribution in [0.1, 0.15) is 43.7 Å². The highest BCUT2D eigenvalue weighted by Crippen LogP contribution is 2.44. The number of carbonyl (C=O) groups is 3. The molecule has 34 heavy (non-hydrogen) atoms. The van der Waals surface area contributed by atoms with Crippen molar-refractivity contribution < 1.29 is 29.0 Å². The lowest BCUT2D eigenvalue weighted by atomic mass is 9.97. The molecule has 2 aromatic carbocycles. The number of amides is 2. The summed E-state index contributed by atoms with van der Waals surface area (Å²) in [5.41, 5.74) is 4.48. The van der Waals surface area contributed by atoms with Gasteiger partial charge in [0.15, 0.2) is 6.10 Å².